The highest BCUT2D eigenvalue weighted by atomic mass is 32.1. The third kappa shape index (κ3) is 3.27. The van der Waals surface area contributed by atoms with Gasteiger partial charge in [-0.1, -0.05) is 24.3 Å². The van der Waals surface area contributed by atoms with E-state index >= 15 is 0 Å². The molecule has 0 fully saturated rings. The van der Waals surface area contributed by atoms with Crippen LogP contribution in [0.1, 0.15) is 5.56 Å². The van der Waals surface area contributed by atoms with Crippen molar-refractivity contribution in [2.75, 3.05) is 10.6 Å². The van der Waals surface area contributed by atoms with E-state index < -0.39 is 6.03 Å². The van der Waals surface area contributed by atoms with Crippen molar-refractivity contribution in [2.45, 2.75) is 4.90 Å². The highest BCUT2D eigenvalue weighted by Gasteiger charge is 2.07. The largest absolute Gasteiger partial charge is 0.323 e. The molecule has 0 saturated carbocycles. The van der Waals surface area contributed by atoms with E-state index in [1.54, 1.807) is 42.5 Å². The van der Waals surface area contributed by atoms with Crippen molar-refractivity contribution >= 4 is 30.0 Å². The molecule has 2 aromatic rings. The van der Waals surface area contributed by atoms with Crippen LogP contribution in [0, 0.1) is 11.3 Å². The van der Waals surface area contributed by atoms with Crippen LogP contribution < -0.4 is 10.6 Å². The third-order valence-corrected chi connectivity index (χ3v) is 2.84. The van der Waals surface area contributed by atoms with Crippen molar-refractivity contribution in [3.63, 3.8) is 0 Å². The number of carbonyl (C=O) groups excluding carboxylic acids is 1. The Labute approximate surface area is 116 Å². The fraction of sp³-hybridized carbons (Fsp3) is 0. The smallest absolute Gasteiger partial charge is 0.307 e. The highest BCUT2D eigenvalue weighted by Crippen LogP contribution is 2.19. The number of thiol groups is 1. The molecule has 2 aromatic carbocycles. The van der Waals surface area contributed by atoms with Crippen molar-refractivity contribution in [1.29, 1.82) is 5.26 Å². The topological polar surface area (TPSA) is 64.9 Å². The minimum Gasteiger partial charge on any atom is -0.307 e. The molecule has 0 saturated heterocycles. The van der Waals surface area contributed by atoms with Gasteiger partial charge in [-0.2, -0.15) is 5.26 Å². The molecule has 94 valence electrons. The summed E-state index contributed by atoms with van der Waals surface area (Å²) in [4.78, 5) is 12.5. The molecular weight excluding hydrogens is 258 g/mol. The summed E-state index contributed by atoms with van der Waals surface area (Å²) in [6.07, 6.45) is 0. The summed E-state index contributed by atoms with van der Waals surface area (Å²) in [5.41, 5.74) is 1.49. The second kappa shape index (κ2) is 5.94. The van der Waals surface area contributed by atoms with Crippen LogP contribution in [0.4, 0.5) is 16.2 Å². The number of nitrogens with one attached hydrogen (secondary N) is 2. The Morgan fingerprint density at radius 1 is 1.00 bits per heavy atom. The van der Waals surface area contributed by atoms with Gasteiger partial charge in [0.1, 0.15) is 6.07 Å². The molecule has 0 aliphatic heterocycles. The van der Waals surface area contributed by atoms with Gasteiger partial charge in [0.15, 0.2) is 0 Å². The number of rotatable bonds is 2. The Morgan fingerprint density at radius 3 is 2.26 bits per heavy atom. The molecule has 0 bridgehead atoms. The van der Waals surface area contributed by atoms with Crippen molar-refractivity contribution in [2.24, 2.45) is 0 Å². The van der Waals surface area contributed by atoms with Gasteiger partial charge >= 0.3 is 6.03 Å². The Kier molecular flexibility index (Phi) is 4.06. The normalized spacial score (nSPS) is 9.47. The summed E-state index contributed by atoms with van der Waals surface area (Å²) in [6.45, 7) is 0. The Balaban J connectivity index is 2.11. The second-order valence-electron chi connectivity index (χ2n) is 3.75. The predicted molar refractivity (Wildman–Crippen MR) is 77.5 cm³/mol. The SMILES string of the molecule is N#Cc1ccccc1NC(=O)Nc1ccccc1S. The van der Waals surface area contributed by atoms with Crippen LogP contribution in [0.15, 0.2) is 53.4 Å². The molecule has 5 heteroatoms. The molecule has 0 aliphatic rings. The van der Waals surface area contributed by atoms with Gasteiger partial charge in [0.05, 0.1) is 16.9 Å². The molecular formula is C14H11N3OS. The van der Waals surface area contributed by atoms with Crippen LogP contribution in [0.5, 0.6) is 0 Å². The first-order chi connectivity index (χ1) is 9.20. The molecule has 2 amide bonds. The number of nitriles is 1. The number of anilines is 2. The number of hydrogen-bond acceptors (Lipinski definition) is 3. The summed E-state index contributed by atoms with van der Waals surface area (Å²) in [5.74, 6) is 0. The Hall–Kier alpha value is -2.45. The summed E-state index contributed by atoms with van der Waals surface area (Å²) in [5, 5.41) is 14.2. The molecule has 0 aliphatic carbocycles. The van der Waals surface area contributed by atoms with Gasteiger partial charge in [0.25, 0.3) is 0 Å². The van der Waals surface area contributed by atoms with Crippen LogP contribution in [0.2, 0.25) is 0 Å². The molecule has 0 unspecified atom stereocenters. The average molecular weight is 269 g/mol. The number of hydrogen-bond donors (Lipinski definition) is 3. The van der Waals surface area contributed by atoms with Gasteiger partial charge in [0, 0.05) is 4.90 Å². The monoisotopic (exact) mass is 269 g/mol. The molecule has 0 spiro atoms. The minimum atomic E-state index is -0.413. The first-order valence-electron chi connectivity index (χ1n) is 5.56. The van der Waals surface area contributed by atoms with Crippen molar-refractivity contribution in [1.82, 2.24) is 0 Å². The lowest BCUT2D eigenvalue weighted by Crippen LogP contribution is -2.20. The lowest BCUT2D eigenvalue weighted by molar-refractivity contribution is 0.262. The molecule has 0 atom stereocenters. The van der Waals surface area contributed by atoms with E-state index in [1.807, 2.05) is 12.1 Å². The first kappa shape index (κ1) is 13.0. The zero-order chi connectivity index (χ0) is 13.7. The van der Waals surface area contributed by atoms with E-state index in [0.717, 1.165) is 0 Å². The number of para-hydroxylation sites is 2. The summed E-state index contributed by atoms with van der Waals surface area (Å²) >= 11 is 4.24. The molecule has 0 heterocycles. The van der Waals surface area contributed by atoms with Crippen molar-refractivity contribution in [3.8, 4) is 6.07 Å². The zero-order valence-electron chi connectivity index (χ0n) is 9.92. The molecule has 4 nitrogen and oxygen atoms in total. The number of nitrogens with zero attached hydrogens (tertiary/aromatic N) is 1. The number of urea groups is 1. The van der Waals surface area contributed by atoms with Crippen LogP contribution in [-0.4, -0.2) is 6.03 Å². The maximum atomic E-state index is 11.8. The van der Waals surface area contributed by atoms with E-state index in [2.05, 4.69) is 23.3 Å². The number of carbonyl (C=O) groups is 1. The van der Waals surface area contributed by atoms with E-state index in [-0.39, 0.29) is 0 Å². The molecule has 2 rings (SSSR count). The van der Waals surface area contributed by atoms with Crippen LogP contribution in [0.25, 0.3) is 0 Å². The Bertz CT molecular complexity index is 649. The third-order valence-electron chi connectivity index (χ3n) is 2.45. The van der Waals surface area contributed by atoms with E-state index in [1.165, 1.54) is 0 Å². The maximum absolute atomic E-state index is 11.8. The molecule has 0 aromatic heterocycles. The summed E-state index contributed by atoms with van der Waals surface area (Å²) in [7, 11) is 0. The lowest BCUT2D eigenvalue weighted by atomic mass is 10.2. The summed E-state index contributed by atoms with van der Waals surface area (Å²) < 4.78 is 0. The van der Waals surface area contributed by atoms with E-state index in [4.69, 9.17) is 5.26 Å². The zero-order valence-corrected chi connectivity index (χ0v) is 10.8. The number of amides is 2. The highest BCUT2D eigenvalue weighted by molar-refractivity contribution is 7.80. The van der Waals surface area contributed by atoms with Gasteiger partial charge in [0.2, 0.25) is 0 Å². The van der Waals surface area contributed by atoms with Gasteiger partial charge in [-0.15, -0.1) is 12.6 Å². The van der Waals surface area contributed by atoms with Crippen molar-refractivity contribution < 1.29 is 4.79 Å². The molecule has 19 heavy (non-hydrogen) atoms. The van der Waals surface area contributed by atoms with Gasteiger partial charge in [-0.25, -0.2) is 4.79 Å². The van der Waals surface area contributed by atoms with Gasteiger partial charge < -0.3 is 10.6 Å². The van der Waals surface area contributed by atoms with E-state index in [9.17, 15) is 4.79 Å². The maximum Gasteiger partial charge on any atom is 0.323 e. The second-order valence-corrected chi connectivity index (χ2v) is 4.24. The quantitative estimate of drug-likeness (QED) is 0.731. The minimum absolute atomic E-state index is 0.413. The number of benzene rings is 2. The summed E-state index contributed by atoms with van der Waals surface area (Å²) in [6, 6.07) is 15.6. The van der Waals surface area contributed by atoms with Gasteiger partial charge in [-0.05, 0) is 24.3 Å². The van der Waals surface area contributed by atoms with Crippen LogP contribution in [-0.2, 0) is 0 Å². The predicted octanol–water partition coefficient (Wildman–Crippen LogP) is 3.49. The van der Waals surface area contributed by atoms with Crippen LogP contribution >= 0.6 is 12.6 Å². The van der Waals surface area contributed by atoms with Crippen molar-refractivity contribution in [3.05, 3.63) is 54.1 Å². The first-order valence-corrected chi connectivity index (χ1v) is 6.00. The lowest BCUT2D eigenvalue weighted by Gasteiger charge is -2.10. The molecule has 0 radical (unpaired) electrons. The fourth-order valence-corrected chi connectivity index (χ4v) is 1.76. The fourth-order valence-electron chi connectivity index (χ4n) is 1.54. The van der Waals surface area contributed by atoms with E-state index in [0.29, 0.717) is 21.8 Å². The molecule has 2 N–H and O–H groups in total. The Morgan fingerprint density at radius 2 is 1.58 bits per heavy atom. The standard InChI is InChI=1S/C14H11N3OS/c15-9-10-5-1-2-6-11(10)16-14(18)17-12-7-3-4-8-13(12)19/h1-8,19H,(H2,16,17,18). The average Bonchev–Trinajstić information content (AvgIpc) is 2.42. The van der Waals surface area contributed by atoms with Crippen LogP contribution in [0.3, 0.4) is 0 Å². The van der Waals surface area contributed by atoms with Gasteiger partial charge in [-0.3, -0.25) is 0 Å².